The van der Waals surface area contributed by atoms with Gasteiger partial charge in [0.25, 0.3) is 0 Å². The SMILES string of the molecule is CCN(CC(=O)O)C1CC(NC2CCc3ccccc3C2)C1. The van der Waals surface area contributed by atoms with E-state index in [2.05, 4.69) is 34.5 Å². The van der Waals surface area contributed by atoms with Gasteiger partial charge in [-0.15, -0.1) is 0 Å². The van der Waals surface area contributed by atoms with Crippen molar-refractivity contribution >= 4 is 5.97 Å². The average molecular weight is 302 g/mol. The predicted octanol–water partition coefficient (Wildman–Crippen LogP) is 2.07. The lowest BCUT2D eigenvalue weighted by Crippen LogP contribution is -2.56. The van der Waals surface area contributed by atoms with Gasteiger partial charge in [-0.25, -0.2) is 0 Å². The van der Waals surface area contributed by atoms with Crippen molar-refractivity contribution in [2.75, 3.05) is 13.1 Å². The molecular weight excluding hydrogens is 276 g/mol. The van der Waals surface area contributed by atoms with Gasteiger partial charge in [-0.1, -0.05) is 31.2 Å². The molecule has 0 bridgehead atoms. The molecule has 0 saturated heterocycles. The second-order valence-electron chi connectivity index (χ2n) is 6.65. The molecule has 1 aromatic rings. The highest BCUT2D eigenvalue weighted by Crippen LogP contribution is 2.28. The normalized spacial score (nSPS) is 27.3. The van der Waals surface area contributed by atoms with E-state index in [1.54, 1.807) is 0 Å². The van der Waals surface area contributed by atoms with Gasteiger partial charge in [-0.05, 0) is 49.8 Å². The minimum atomic E-state index is -0.720. The average Bonchev–Trinajstić information content (AvgIpc) is 2.48. The van der Waals surface area contributed by atoms with E-state index in [1.165, 1.54) is 24.0 Å². The number of carboxylic acid groups (broad SMARTS) is 1. The van der Waals surface area contributed by atoms with E-state index in [0.29, 0.717) is 18.1 Å². The maximum atomic E-state index is 10.9. The molecule has 2 N–H and O–H groups in total. The molecule has 2 aliphatic carbocycles. The Morgan fingerprint density at radius 2 is 2.00 bits per heavy atom. The monoisotopic (exact) mass is 302 g/mol. The molecule has 0 spiro atoms. The molecule has 1 saturated carbocycles. The van der Waals surface area contributed by atoms with Gasteiger partial charge in [0.2, 0.25) is 0 Å². The molecule has 0 heterocycles. The van der Waals surface area contributed by atoms with Crippen LogP contribution in [0.15, 0.2) is 24.3 Å². The van der Waals surface area contributed by atoms with Crippen LogP contribution >= 0.6 is 0 Å². The van der Waals surface area contributed by atoms with Crippen molar-refractivity contribution in [2.24, 2.45) is 0 Å². The smallest absolute Gasteiger partial charge is 0.317 e. The second kappa shape index (κ2) is 6.80. The number of likely N-dealkylation sites (N-methyl/N-ethyl adjacent to an activating group) is 1. The number of nitrogens with one attached hydrogen (secondary N) is 1. The first-order valence-electron chi connectivity index (χ1n) is 8.44. The Morgan fingerprint density at radius 3 is 2.68 bits per heavy atom. The van der Waals surface area contributed by atoms with Gasteiger partial charge in [-0.2, -0.15) is 0 Å². The Kier molecular flexibility index (Phi) is 4.79. The molecule has 0 radical (unpaired) electrons. The molecule has 1 aromatic carbocycles. The summed E-state index contributed by atoms with van der Waals surface area (Å²) in [5.41, 5.74) is 2.99. The van der Waals surface area contributed by atoms with Gasteiger partial charge < -0.3 is 10.4 Å². The first-order chi connectivity index (χ1) is 10.7. The highest BCUT2D eigenvalue weighted by Gasteiger charge is 2.35. The number of benzene rings is 1. The second-order valence-corrected chi connectivity index (χ2v) is 6.65. The van der Waals surface area contributed by atoms with Crippen molar-refractivity contribution in [1.29, 1.82) is 0 Å². The van der Waals surface area contributed by atoms with Crippen LogP contribution in [-0.4, -0.2) is 47.2 Å². The molecule has 1 unspecified atom stereocenters. The van der Waals surface area contributed by atoms with Crippen molar-refractivity contribution in [3.8, 4) is 0 Å². The summed E-state index contributed by atoms with van der Waals surface area (Å²) in [6, 6.07) is 10.3. The third-order valence-corrected chi connectivity index (χ3v) is 5.19. The fourth-order valence-corrected chi connectivity index (χ4v) is 3.87. The van der Waals surface area contributed by atoms with Crippen LogP contribution in [0.1, 0.15) is 37.3 Å². The predicted molar refractivity (Wildman–Crippen MR) is 87.1 cm³/mol. The minimum absolute atomic E-state index is 0.171. The summed E-state index contributed by atoms with van der Waals surface area (Å²) in [5.74, 6) is -0.720. The Labute approximate surface area is 132 Å². The molecular formula is C18H26N2O2. The number of rotatable bonds is 6. The van der Waals surface area contributed by atoms with Crippen LogP contribution in [0.2, 0.25) is 0 Å². The molecule has 2 aliphatic rings. The van der Waals surface area contributed by atoms with Crippen LogP contribution in [0.4, 0.5) is 0 Å². The molecule has 120 valence electrons. The van der Waals surface area contributed by atoms with Crippen molar-refractivity contribution in [2.45, 2.75) is 57.2 Å². The van der Waals surface area contributed by atoms with Gasteiger partial charge >= 0.3 is 5.97 Å². The Balaban J connectivity index is 1.46. The Morgan fingerprint density at radius 1 is 1.27 bits per heavy atom. The number of aliphatic carboxylic acids is 1. The van der Waals surface area contributed by atoms with E-state index >= 15 is 0 Å². The maximum Gasteiger partial charge on any atom is 0.317 e. The molecule has 0 aromatic heterocycles. The lowest BCUT2D eigenvalue weighted by atomic mass is 9.82. The summed E-state index contributed by atoms with van der Waals surface area (Å²) in [6.07, 6.45) is 5.68. The molecule has 1 fully saturated rings. The quantitative estimate of drug-likeness (QED) is 0.845. The number of aryl methyl sites for hydroxylation is 1. The first kappa shape index (κ1) is 15.5. The van der Waals surface area contributed by atoms with Crippen molar-refractivity contribution in [3.05, 3.63) is 35.4 Å². The molecule has 22 heavy (non-hydrogen) atoms. The fourth-order valence-electron chi connectivity index (χ4n) is 3.87. The molecule has 0 aliphatic heterocycles. The zero-order chi connectivity index (χ0) is 15.5. The Hall–Kier alpha value is -1.39. The van der Waals surface area contributed by atoms with Gasteiger partial charge in [0.05, 0.1) is 6.54 Å². The largest absolute Gasteiger partial charge is 0.480 e. The van der Waals surface area contributed by atoms with Crippen molar-refractivity contribution in [3.63, 3.8) is 0 Å². The third-order valence-electron chi connectivity index (χ3n) is 5.19. The highest BCUT2D eigenvalue weighted by molar-refractivity contribution is 5.69. The number of hydrogen-bond donors (Lipinski definition) is 2. The van der Waals surface area contributed by atoms with Gasteiger partial charge in [0.15, 0.2) is 0 Å². The van der Waals surface area contributed by atoms with E-state index in [1.807, 2.05) is 6.92 Å². The van der Waals surface area contributed by atoms with E-state index < -0.39 is 5.97 Å². The molecule has 1 atom stereocenters. The summed E-state index contributed by atoms with van der Waals surface area (Å²) in [4.78, 5) is 13.0. The summed E-state index contributed by atoms with van der Waals surface area (Å²) >= 11 is 0. The summed E-state index contributed by atoms with van der Waals surface area (Å²) in [5, 5.41) is 12.7. The standard InChI is InChI=1S/C18H26N2O2/c1-2-20(12-18(21)22)17-10-16(11-17)19-15-8-7-13-5-3-4-6-14(13)9-15/h3-6,15-17,19H,2,7-12H2,1H3,(H,21,22). The topological polar surface area (TPSA) is 52.6 Å². The lowest BCUT2D eigenvalue weighted by molar-refractivity contribution is -0.139. The van der Waals surface area contributed by atoms with Crippen LogP contribution in [0.5, 0.6) is 0 Å². The minimum Gasteiger partial charge on any atom is -0.480 e. The van der Waals surface area contributed by atoms with Crippen LogP contribution in [0.3, 0.4) is 0 Å². The molecule has 3 rings (SSSR count). The van der Waals surface area contributed by atoms with Crippen LogP contribution < -0.4 is 5.32 Å². The van der Waals surface area contributed by atoms with Crippen LogP contribution in [-0.2, 0) is 17.6 Å². The summed E-state index contributed by atoms with van der Waals surface area (Å²) in [7, 11) is 0. The number of nitrogens with zero attached hydrogens (tertiary/aromatic N) is 1. The Bertz CT molecular complexity index is 526. The van der Waals surface area contributed by atoms with Crippen LogP contribution in [0, 0.1) is 0 Å². The van der Waals surface area contributed by atoms with E-state index in [0.717, 1.165) is 25.8 Å². The fraction of sp³-hybridized carbons (Fsp3) is 0.611. The summed E-state index contributed by atoms with van der Waals surface area (Å²) in [6.45, 7) is 3.03. The molecule has 4 heteroatoms. The lowest BCUT2D eigenvalue weighted by Gasteiger charge is -2.44. The zero-order valence-electron chi connectivity index (χ0n) is 13.3. The number of hydrogen-bond acceptors (Lipinski definition) is 3. The number of fused-ring (bicyclic) bond motifs is 1. The van der Waals surface area contributed by atoms with E-state index in [9.17, 15) is 4.79 Å². The van der Waals surface area contributed by atoms with Crippen LogP contribution in [0.25, 0.3) is 0 Å². The number of carboxylic acids is 1. The highest BCUT2D eigenvalue weighted by atomic mass is 16.4. The zero-order valence-corrected chi connectivity index (χ0v) is 13.3. The van der Waals surface area contributed by atoms with E-state index in [-0.39, 0.29) is 6.54 Å². The van der Waals surface area contributed by atoms with Gasteiger partial charge in [0.1, 0.15) is 0 Å². The van der Waals surface area contributed by atoms with Crippen molar-refractivity contribution in [1.82, 2.24) is 10.2 Å². The summed E-state index contributed by atoms with van der Waals surface area (Å²) < 4.78 is 0. The molecule has 0 amide bonds. The van der Waals surface area contributed by atoms with Gasteiger partial charge in [0, 0.05) is 18.1 Å². The third kappa shape index (κ3) is 3.50. The van der Waals surface area contributed by atoms with Crippen molar-refractivity contribution < 1.29 is 9.90 Å². The first-order valence-corrected chi connectivity index (χ1v) is 8.44. The van der Waals surface area contributed by atoms with E-state index in [4.69, 9.17) is 5.11 Å². The number of carbonyl (C=O) groups is 1. The van der Waals surface area contributed by atoms with Gasteiger partial charge in [-0.3, -0.25) is 9.69 Å². The maximum absolute atomic E-state index is 10.9. The molecule has 4 nitrogen and oxygen atoms in total.